The van der Waals surface area contributed by atoms with Gasteiger partial charge in [0.05, 0.1) is 0 Å². The van der Waals surface area contributed by atoms with Gasteiger partial charge in [-0.05, 0) is 12.8 Å². The Balaban J connectivity index is 3.76. The molecular weight excluding hydrogens is 208 g/mol. The van der Waals surface area contributed by atoms with Gasteiger partial charge >= 0.3 is 11.9 Å². The molecule has 4 heteroatoms. The molecule has 0 atom stereocenters. The molecule has 0 spiro atoms. The van der Waals surface area contributed by atoms with Crippen LogP contribution in [0.1, 0.15) is 20.8 Å². The van der Waals surface area contributed by atoms with Crippen molar-refractivity contribution >= 4 is 11.9 Å². The van der Waals surface area contributed by atoms with Crippen molar-refractivity contribution in [3.05, 3.63) is 24.3 Å². The van der Waals surface area contributed by atoms with E-state index in [1.807, 2.05) is 13.8 Å². The zero-order valence-corrected chi connectivity index (χ0v) is 10.0. The SMILES string of the molecule is C=C(C)C(=O)OCCOC(=O)C(=C)C(C)C. The molecule has 0 radical (unpaired) electrons. The van der Waals surface area contributed by atoms with E-state index in [-0.39, 0.29) is 19.1 Å². The Morgan fingerprint density at radius 1 is 1.06 bits per heavy atom. The molecule has 0 saturated carbocycles. The van der Waals surface area contributed by atoms with Gasteiger partial charge in [0.15, 0.2) is 0 Å². The lowest BCUT2D eigenvalue weighted by molar-refractivity contribution is -0.147. The van der Waals surface area contributed by atoms with E-state index in [4.69, 9.17) is 9.47 Å². The van der Waals surface area contributed by atoms with Crippen molar-refractivity contribution in [2.24, 2.45) is 5.92 Å². The Labute approximate surface area is 95.9 Å². The zero-order valence-electron chi connectivity index (χ0n) is 10.0. The molecule has 0 N–H and O–H groups in total. The quantitative estimate of drug-likeness (QED) is 0.394. The summed E-state index contributed by atoms with van der Waals surface area (Å²) < 4.78 is 9.60. The Morgan fingerprint density at radius 2 is 1.50 bits per heavy atom. The van der Waals surface area contributed by atoms with Crippen LogP contribution >= 0.6 is 0 Å². The minimum Gasteiger partial charge on any atom is -0.459 e. The number of hydrogen-bond acceptors (Lipinski definition) is 4. The van der Waals surface area contributed by atoms with Crippen LogP contribution in [0.25, 0.3) is 0 Å². The van der Waals surface area contributed by atoms with Crippen molar-refractivity contribution in [3.63, 3.8) is 0 Å². The highest BCUT2D eigenvalue weighted by Crippen LogP contribution is 2.08. The first-order chi connectivity index (χ1) is 7.36. The fourth-order valence-electron chi connectivity index (χ4n) is 0.720. The molecule has 0 aliphatic rings. The number of ether oxygens (including phenoxy) is 2. The van der Waals surface area contributed by atoms with E-state index in [9.17, 15) is 9.59 Å². The molecule has 0 aromatic carbocycles. The minimum atomic E-state index is -0.487. The first kappa shape index (κ1) is 14.4. The molecule has 4 nitrogen and oxygen atoms in total. The predicted molar refractivity (Wildman–Crippen MR) is 60.7 cm³/mol. The van der Waals surface area contributed by atoms with Crippen molar-refractivity contribution in [2.75, 3.05) is 13.2 Å². The molecule has 0 amide bonds. The minimum absolute atomic E-state index is 0.0306. The molecule has 0 fully saturated rings. The lowest BCUT2D eigenvalue weighted by Gasteiger charge is -2.09. The van der Waals surface area contributed by atoms with Gasteiger partial charge in [0.25, 0.3) is 0 Å². The Bertz CT molecular complexity index is 302. The third kappa shape index (κ3) is 5.34. The summed E-state index contributed by atoms with van der Waals surface area (Å²) in [5, 5.41) is 0. The molecule has 0 aromatic rings. The number of carbonyl (C=O) groups is 2. The second-order valence-corrected chi connectivity index (χ2v) is 3.73. The van der Waals surface area contributed by atoms with E-state index in [0.29, 0.717) is 11.1 Å². The average molecular weight is 226 g/mol. The standard InChI is InChI=1S/C12H18O4/c1-8(2)10(5)12(14)16-7-6-15-11(13)9(3)4/h8H,3,5-7H2,1-2,4H3. The molecule has 0 unspecified atom stereocenters. The fourth-order valence-corrected chi connectivity index (χ4v) is 0.720. The number of rotatable bonds is 6. The van der Waals surface area contributed by atoms with E-state index in [1.54, 1.807) is 6.92 Å². The molecule has 0 heterocycles. The van der Waals surface area contributed by atoms with Crippen LogP contribution in [0, 0.1) is 5.92 Å². The molecule has 0 saturated heterocycles. The molecular formula is C12H18O4. The summed E-state index contributed by atoms with van der Waals surface area (Å²) >= 11 is 0. The van der Waals surface area contributed by atoms with Gasteiger partial charge in [-0.25, -0.2) is 9.59 Å². The summed E-state index contributed by atoms with van der Waals surface area (Å²) in [5.74, 6) is -0.898. The Morgan fingerprint density at radius 3 is 1.88 bits per heavy atom. The van der Waals surface area contributed by atoms with Crippen LogP contribution in [-0.4, -0.2) is 25.2 Å². The number of esters is 2. The van der Waals surface area contributed by atoms with Gasteiger partial charge in [-0.15, -0.1) is 0 Å². The molecule has 0 aliphatic heterocycles. The second kappa shape index (κ2) is 6.82. The van der Waals surface area contributed by atoms with Gasteiger partial charge in [0, 0.05) is 11.1 Å². The largest absolute Gasteiger partial charge is 0.459 e. The van der Waals surface area contributed by atoms with Crippen molar-refractivity contribution in [1.82, 2.24) is 0 Å². The molecule has 16 heavy (non-hydrogen) atoms. The zero-order chi connectivity index (χ0) is 12.7. The summed E-state index contributed by atoms with van der Waals surface area (Å²) in [6.45, 7) is 12.3. The highest BCUT2D eigenvalue weighted by atomic mass is 16.6. The van der Waals surface area contributed by atoms with Crippen LogP contribution in [0.15, 0.2) is 24.3 Å². The monoisotopic (exact) mass is 226 g/mol. The van der Waals surface area contributed by atoms with Crippen molar-refractivity contribution in [2.45, 2.75) is 20.8 Å². The second-order valence-electron chi connectivity index (χ2n) is 3.73. The van der Waals surface area contributed by atoms with Gasteiger partial charge in [0.2, 0.25) is 0 Å². The summed E-state index contributed by atoms with van der Waals surface area (Å²) in [4.78, 5) is 22.2. The van der Waals surface area contributed by atoms with Gasteiger partial charge in [0.1, 0.15) is 13.2 Å². The molecule has 0 aromatic heterocycles. The topological polar surface area (TPSA) is 52.6 Å². The third-order valence-corrected chi connectivity index (χ3v) is 1.86. The lowest BCUT2D eigenvalue weighted by Crippen LogP contribution is -2.16. The Kier molecular flexibility index (Phi) is 6.15. The summed E-state index contributed by atoms with van der Waals surface area (Å²) in [6.07, 6.45) is 0. The lowest BCUT2D eigenvalue weighted by atomic mass is 10.1. The Hall–Kier alpha value is -1.58. The third-order valence-electron chi connectivity index (χ3n) is 1.86. The van der Waals surface area contributed by atoms with E-state index in [0.717, 1.165) is 0 Å². The normalized spacial score (nSPS) is 9.75. The maximum Gasteiger partial charge on any atom is 0.333 e. The summed E-state index contributed by atoms with van der Waals surface area (Å²) in [5.41, 5.74) is 0.726. The highest BCUT2D eigenvalue weighted by molar-refractivity contribution is 5.88. The van der Waals surface area contributed by atoms with E-state index >= 15 is 0 Å². The molecule has 0 aliphatic carbocycles. The van der Waals surface area contributed by atoms with E-state index < -0.39 is 11.9 Å². The van der Waals surface area contributed by atoms with Gasteiger partial charge < -0.3 is 9.47 Å². The first-order valence-electron chi connectivity index (χ1n) is 5.04. The predicted octanol–water partition coefficient (Wildman–Crippen LogP) is 1.86. The summed E-state index contributed by atoms with van der Waals surface area (Å²) in [7, 11) is 0. The molecule has 90 valence electrons. The van der Waals surface area contributed by atoms with Crippen molar-refractivity contribution < 1.29 is 19.1 Å². The van der Waals surface area contributed by atoms with Crippen LogP contribution in [-0.2, 0) is 19.1 Å². The van der Waals surface area contributed by atoms with Crippen LogP contribution in [0.3, 0.4) is 0 Å². The van der Waals surface area contributed by atoms with Crippen LogP contribution in [0.2, 0.25) is 0 Å². The molecule has 0 rings (SSSR count). The maximum atomic E-state index is 11.3. The average Bonchev–Trinajstić information content (AvgIpc) is 2.22. The van der Waals surface area contributed by atoms with E-state index in [2.05, 4.69) is 13.2 Å². The summed E-state index contributed by atoms with van der Waals surface area (Å²) in [6, 6.07) is 0. The highest BCUT2D eigenvalue weighted by Gasteiger charge is 2.12. The van der Waals surface area contributed by atoms with Crippen molar-refractivity contribution in [1.29, 1.82) is 0 Å². The smallest absolute Gasteiger partial charge is 0.333 e. The number of carbonyl (C=O) groups excluding carboxylic acids is 2. The van der Waals surface area contributed by atoms with Crippen LogP contribution in [0.4, 0.5) is 0 Å². The van der Waals surface area contributed by atoms with E-state index in [1.165, 1.54) is 0 Å². The van der Waals surface area contributed by atoms with Gasteiger partial charge in [-0.2, -0.15) is 0 Å². The maximum absolute atomic E-state index is 11.3. The van der Waals surface area contributed by atoms with Crippen LogP contribution in [0.5, 0.6) is 0 Å². The van der Waals surface area contributed by atoms with Crippen molar-refractivity contribution in [3.8, 4) is 0 Å². The fraction of sp³-hybridized carbons (Fsp3) is 0.500. The van der Waals surface area contributed by atoms with Gasteiger partial charge in [-0.1, -0.05) is 27.0 Å². The van der Waals surface area contributed by atoms with Gasteiger partial charge in [-0.3, -0.25) is 0 Å². The van der Waals surface area contributed by atoms with Crippen LogP contribution < -0.4 is 0 Å². The number of hydrogen-bond donors (Lipinski definition) is 0. The first-order valence-corrected chi connectivity index (χ1v) is 5.04. The molecule has 0 bridgehead atoms.